The van der Waals surface area contributed by atoms with Crippen molar-refractivity contribution in [3.63, 3.8) is 0 Å². The first-order valence-corrected chi connectivity index (χ1v) is 9.91. The lowest BCUT2D eigenvalue weighted by atomic mass is 10.1. The maximum atomic E-state index is 12.7. The van der Waals surface area contributed by atoms with Crippen molar-refractivity contribution in [2.24, 2.45) is 0 Å². The zero-order valence-electron chi connectivity index (χ0n) is 16.2. The van der Waals surface area contributed by atoms with Crippen LogP contribution in [0, 0.1) is 13.8 Å². The van der Waals surface area contributed by atoms with Gasteiger partial charge in [0.2, 0.25) is 0 Å². The molecule has 0 spiro atoms. The fourth-order valence-corrected chi connectivity index (χ4v) is 4.27. The Morgan fingerprint density at radius 2 is 2.07 bits per heavy atom. The number of hydrogen-bond donors (Lipinski definition) is 1. The van der Waals surface area contributed by atoms with Gasteiger partial charge in [-0.3, -0.25) is 9.58 Å². The van der Waals surface area contributed by atoms with E-state index in [-0.39, 0.29) is 12.1 Å². The summed E-state index contributed by atoms with van der Waals surface area (Å²) in [6.45, 7) is 8.46. The highest BCUT2D eigenvalue weighted by Crippen LogP contribution is 2.23. The molecule has 2 aliphatic rings. The minimum absolute atomic E-state index is 0.0727. The van der Waals surface area contributed by atoms with Crippen LogP contribution in [0.3, 0.4) is 0 Å². The number of carbonyl (C=O) groups excluding carboxylic acids is 1. The Balaban J connectivity index is 1.24. The number of nitrogens with zero attached hydrogens (tertiary/aromatic N) is 4. The average molecular weight is 371 g/mol. The van der Waals surface area contributed by atoms with Crippen molar-refractivity contribution in [1.82, 2.24) is 24.9 Å². The molecule has 146 valence electrons. The summed E-state index contributed by atoms with van der Waals surface area (Å²) in [6.07, 6.45) is 4.66. The number of likely N-dealkylation sites (tertiary alicyclic amines) is 2. The number of furan rings is 1. The molecule has 2 aromatic heterocycles. The zero-order valence-corrected chi connectivity index (χ0v) is 16.2. The maximum absolute atomic E-state index is 12.7. The molecule has 2 aliphatic heterocycles. The zero-order chi connectivity index (χ0) is 18.8. The minimum Gasteiger partial charge on any atom is -0.468 e. The van der Waals surface area contributed by atoms with Crippen molar-refractivity contribution in [2.75, 3.05) is 26.2 Å². The number of amides is 2. The van der Waals surface area contributed by atoms with Crippen molar-refractivity contribution in [3.05, 3.63) is 41.6 Å². The number of nitrogens with one attached hydrogen (secondary N) is 1. The lowest BCUT2D eigenvalue weighted by Crippen LogP contribution is -2.48. The first-order chi connectivity index (χ1) is 13.1. The Bertz CT molecular complexity index is 761. The third-order valence-corrected chi connectivity index (χ3v) is 5.72. The van der Waals surface area contributed by atoms with Crippen LogP contribution in [0.25, 0.3) is 0 Å². The number of aromatic nitrogens is 2. The summed E-state index contributed by atoms with van der Waals surface area (Å²) in [5.41, 5.74) is 2.21. The van der Waals surface area contributed by atoms with E-state index in [2.05, 4.69) is 33.0 Å². The van der Waals surface area contributed by atoms with Gasteiger partial charge in [0.25, 0.3) is 0 Å². The number of aryl methyl sites for hydroxylation is 2. The second-order valence-corrected chi connectivity index (χ2v) is 7.84. The molecule has 2 aromatic rings. The maximum Gasteiger partial charge on any atom is 0.317 e. The Labute approximate surface area is 160 Å². The topological polar surface area (TPSA) is 66.5 Å². The van der Waals surface area contributed by atoms with Gasteiger partial charge < -0.3 is 14.6 Å². The van der Waals surface area contributed by atoms with Crippen LogP contribution in [0.4, 0.5) is 4.79 Å². The third kappa shape index (κ3) is 4.18. The summed E-state index contributed by atoms with van der Waals surface area (Å²) < 4.78 is 7.51. The van der Waals surface area contributed by atoms with Crippen LogP contribution in [0.15, 0.2) is 28.9 Å². The predicted molar refractivity (Wildman–Crippen MR) is 102 cm³/mol. The monoisotopic (exact) mass is 371 g/mol. The van der Waals surface area contributed by atoms with Crippen LogP contribution in [0.1, 0.15) is 42.5 Å². The van der Waals surface area contributed by atoms with Crippen LogP contribution >= 0.6 is 0 Å². The van der Waals surface area contributed by atoms with E-state index >= 15 is 0 Å². The summed E-state index contributed by atoms with van der Waals surface area (Å²) >= 11 is 0. The second-order valence-electron chi connectivity index (χ2n) is 7.84. The molecule has 2 saturated heterocycles. The largest absolute Gasteiger partial charge is 0.468 e. The Kier molecular flexibility index (Phi) is 5.20. The molecular formula is C20H29N5O2. The quantitative estimate of drug-likeness (QED) is 0.897. The number of carbonyl (C=O) groups is 1. The number of rotatable bonds is 4. The summed E-state index contributed by atoms with van der Waals surface area (Å²) in [6, 6.07) is 6.67. The molecule has 27 heavy (non-hydrogen) atoms. The molecule has 7 heteroatoms. The number of urea groups is 1. The van der Waals surface area contributed by atoms with Gasteiger partial charge in [0.05, 0.1) is 24.5 Å². The highest BCUT2D eigenvalue weighted by molar-refractivity contribution is 5.74. The van der Waals surface area contributed by atoms with Crippen LogP contribution in [-0.4, -0.2) is 57.8 Å². The van der Waals surface area contributed by atoms with Gasteiger partial charge in [0, 0.05) is 37.9 Å². The summed E-state index contributed by atoms with van der Waals surface area (Å²) in [4.78, 5) is 17.0. The highest BCUT2D eigenvalue weighted by Gasteiger charge is 2.30. The van der Waals surface area contributed by atoms with Crippen LogP contribution in [-0.2, 0) is 6.54 Å². The van der Waals surface area contributed by atoms with Crippen molar-refractivity contribution in [1.29, 1.82) is 0 Å². The molecule has 0 bridgehead atoms. The fraction of sp³-hybridized carbons (Fsp3) is 0.600. The summed E-state index contributed by atoms with van der Waals surface area (Å²) in [5, 5.41) is 7.82. The third-order valence-electron chi connectivity index (χ3n) is 5.72. The van der Waals surface area contributed by atoms with E-state index < -0.39 is 0 Å². The van der Waals surface area contributed by atoms with Crippen molar-refractivity contribution in [3.8, 4) is 0 Å². The lowest BCUT2D eigenvalue weighted by molar-refractivity contribution is 0.166. The van der Waals surface area contributed by atoms with Gasteiger partial charge in [-0.25, -0.2) is 4.79 Å². The van der Waals surface area contributed by atoms with Gasteiger partial charge >= 0.3 is 6.03 Å². The summed E-state index contributed by atoms with van der Waals surface area (Å²) in [5.74, 6) is 1.00. The van der Waals surface area contributed by atoms with E-state index in [0.29, 0.717) is 6.04 Å². The van der Waals surface area contributed by atoms with E-state index in [1.165, 1.54) is 5.69 Å². The van der Waals surface area contributed by atoms with Gasteiger partial charge in [-0.1, -0.05) is 0 Å². The van der Waals surface area contributed by atoms with Crippen molar-refractivity contribution in [2.45, 2.75) is 51.7 Å². The van der Waals surface area contributed by atoms with E-state index in [1.807, 2.05) is 24.0 Å². The van der Waals surface area contributed by atoms with E-state index in [4.69, 9.17) is 4.42 Å². The van der Waals surface area contributed by atoms with Crippen LogP contribution in [0.2, 0.25) is 0 Å². The highest BCUT2D eigenvalue weighted by atomic mass is 16.3. The van der Waals surface area contributed by atoms with Crippen molar-refractivity contribution < 1.29 is 9.21 Å². The van der Waals surface area contributed by atoms with E-state index in [0.717, 1.165) is 63.4 Å². The molecular weight excluding hydrogens is 342 g/mol. The molecule has 0 aromatic carbocycles. The average Bonchev–Trinajstić information content (AvgIpc) is 3.38. The van der Waals surface area contributed by atoms with Crippen molar-refractivity contribution >= 4 is 6.03 Å². The molecule has 0 saturated carbocycles. The van der Waals surface area contributed by atoms with Crippen LogP contribution in [0.5, 0.6) is 0 Å². The molecule has 0 aliphatic carbocycles. The molecule has 2 amide bonds. The first-order valence-electron chi connectivity index (χ1n) is 9.91. The van der Waals surface area contributed by atoms with Gasteiger partial charge in [-0.2, -0.15) is 5.10 Å². The second kappa shape index (κ2) is 7.76. The molecule has 1 atom stereocenters. The molecule has 1 N–H and O–H groups in total. The standard InChI is InChI=1S/C20H29N5O2/c1-15-12-16(2)25(22-15)18-7-10-24(13-18)20(26)21-17-5-8-23(9-6-17)14-19-4-3-11-27-19/h3-4,11-12,17-18H,5-10,13-14H2,1-2H3,(H,21,26)/t18-/m1/s1. The summed E-state index contributed by atoms with van der Waals surface area (Å²) in [7, 11) is 0. The number of hydrogen-bond acceptors (Lipinski definition) is 4. The number of piperidine rings is 1. The normalized spacial score (nSPS) is 21.7. The van der Waals surface area contributed by atoms with Gasteiger partial charge in [0.1, 0.15) is 5.76 Å². The predicted octanol–water partition coefficient (Wildman–Crippen LogP) is 2.71. The SMILES string of the molecule is Cc1cc(C)n([C@@H]2CCN(C(=O)NC3CCN(Cc4ccco4)CC3)C2)n1. The Morgan fingerprint density at radius 3 is 2.74 bits per heavy atom. The molecule has 4 rings (SSSR count). The first kappa shape index (κ1) is 18.1. The van der Waals surface area contributed by atoms with Gasteiger partial charge in [-0.05, 0) is 51.3 Å². The molecule has 7 nitrogen and oxygen atoms in total. The molecule has 0 radical (unpaired) electrons. The van der Waals surface area contributed by atoms with Gasteiger partial charge in [0.15, 0.2) is 0 Å². The molecule has 2 fully saturated rings. The van der Waals surface area contributed by atoms with Gasteiger partial charge in [-0.15, -0.1) is 0 Å². The van der Waals surface area contributed by atoms with Crippen LogP contribution < -0.4 is 5.32 Å². The minimum atomic E-state index is 0.0727. The van der Waals surface area contributed by atoms with E-state index in [1.54, 1.807) is 6.26 Å². The Hall–Kier alpha value is -2.28. The van der Waals surface area contributed by atoms with E-state index in [9.17, 15) is 4.79 Å². The molecule has 0 unspecified atom stereocenters. The smallest absolute Gasteiger partial charge is 0.317 e. The molecule has 4 heterocycles. The lowest BCUT2D eigenvalue weighted by Gasteiger charge is -2.32. The Morgan fingerprint density at radius 1 is 1.26 bits per heavy atom. The fourth-order valence-electron chi connectivity index (χ4n) is 4.27.